The van der Waals surface area contributed by atoms with Gasteiger partial charge < -0.3 is 14.7 Å². The number of rotatable bonds is 4. The number of methoxy groups -OCH3 is 1. The maximum absolute atomic E-state index is 12.4. The van der Waals surface area contributed by atoms with Gasteiger partial charge in [-0.1, -0.05) is 12.1 Å². The Labute approximate surface area is 121 Å². The van der Waals surface area contributed by atoms with Crippen molar-refractivity contribution in [3.05, 3.63) is 35.4 Å². The van der Waals surface area contributed by atoms with E-state index in [0.29, 0.717) is 24.5 Å². The number of aliphatic carboxylic acids is 1. The van der Waals surface area contributed by atoms with Gasteiger partial charge in [0.25, 0.3) is 5.91 Å². The van der Waals surface area contributed by atoms with Crippen molar-refractivity contribution in [3.63, 3.8) is 0 Å². The Morgan fingerprint density at radius 2 is 2.10 bits per heavy atom. The number of ether oxygens (including phenoxy) is 1. The second-order valence-electron chi connectivity index (χ2n) is 4.56. The van der Waals surface area contributed by atoms with Crippen LogP contribution in [0.4, 0.5) is 0 Å². The number of thioether (sulfide) groups is 1. The summed E-state index contributed by atoms with van der Waals surface area (Å²) in [6.07, 6.45) is 0. The van der Waals surface area contributed by atoms with Gasteiger partial charge in [0.05, 0.1) is 6.61 Å². The molecule has 1 aliphatic heterocycles. The van der Waals surface area contributed by atoms with Crippen LogP contribution < -0.4 is 0 Å². The first kappa shape index (κ1) is 14.9. The van der Waals surface area contributed by atoms with Crippen LogP contribution in [0, 0.1) is 0 Å². The molecule has 1 fully saturated rings. The van der Waals surface area contributed by atoms with Gasteiger partial charge >= 0.3 is 5.97 Å². The summed E-state index contributed by atoms with van der Waals surface area (Å²) in [5.74, 6) is 0.0586. The molecule has 1 aromatic rings. The van der Waals surface area contributed by atoms with Gasteiger partial charge in [0.1, 0.15) is 6.04 Å². The quantitative estimate of drug-likeness (QED) is 0.911. The molecule has 0 spiro atoms. The van der Waals surface area contributed by atoms with Crippen molar-refractivity contribution in [1.82, 2.24) is 4.90 Å². The van der Waals surface area contributed by atoms with Crippen molar-refractivity contribution < 1.29 is 19.4 Å². The zero-order chi connectivity index (χ0) is 14.5. The van der Waals surface area contributed by atoms with Crippen molar-refractivity contribution in [2.24, 2.45) is 0 Å². The number of amides is 1. The summed E-state index contributed by atoms with van der Waals surface area (Å²) >= 11 is 1.57. The standard InChI is InChI=1S/C14H17NO4S/c1-19-8-10-2-4-11(5-3-10)13(16)15-6-7-20-9-12(15)14(17)18/h2-5,12H,6-9H2,1H3,(H,17,18). The lowest BCUT2D eigenvalue weighted by atomic mass is 10.1. The molecule has 0 aliphatic carbocycles. The first-order chi connectivity index (χ1) is 9.63. The average Bonchev–Trinajstić information content (AvgIpc) is 2.47. The molecule has 1 heterocycles. The van der Waals surface area contributed by atoms with Gasteiger partial charge in [0, 0.05) is 30.7 Å². The third kappa shape index (κ3) is 3.32. The van der Waals surface area contributed by atoms with Crippen LogP contribution in [0.5, 0.6) is 0 Å². The fraction of sp³-hybridized carbons (Fsp3) is 0.429. The van der Waals surface area contributed by atoms with Gasteiger partial charge in [-0.15, -0.1) is 0 Å². The summed E-state index contributed by atoms with van der Waals surface area (Å²) in [5.41, 5.74) is 1.50. The predicted octanol–water partition coefficient (Wildman–Crippen LogP) is 1.48. The Bertz CT molecular complexity index is 488. The highest BCUT2D eigenvalue weighted by Gasteiger charge is 2.32. The molecule has 1 saturated heterocycles. The Balaban J connectivity index is 2.14. The number of hydrogen-bond donors (Lipinski definition) is 1. The minimum Gasteiger partial charge on any atom is -0.480 e. The summed E-state index contributed by atoms with van der Waals surface area (Å²) in [6, 6.07) is 6.35. The van der Waals surface area contributed by atoms with Gasteiger partial charge in [-0.2, -0.15) is 11.8 Å². The number of carboxylic acid groups (broad SMARTS) is 1. The minimum absolute atomic E-state index is 0.221. The molecule has 0 bridgehead atoms. The number of carbonyl (C=O) groups is 2. The van der Waals surface area contributed by atoms with Crippen LogP contribution in [0.25, 0.3) is 0 Å². The highest BCUT2D eigenvalue weighted by atomic mass is 32.2. The summed E-state index contributed by atoms with van der Waals surface area (Å²) in [5, 5.41) is 9.19. The van der Waals surface area contributed by atoms with Crippen LogP contribution in [0.1, 0.15) is 15.9 Å². The number of carboxylic acids is 1. The molecule has 108 valence electrons. The highest BCUT2D eigenvalue weighted by molar-refractivity contribution is 7.99. The first-order valence-electron chi connectivity index (χ1n) is 6.33. The molecule has 2 rings (SSSR count). The van der Waals surface area contributed by atoms with E-state index >= 15 is 0 Å². The van der Waals surface area contributed by atoms with Gasteiger partial charge in [-0.3, -0.25) is 4.79 Å². The topological polar surface area (TPSA) is 66.8 Å². The number of nitrogens with zero attached hydrogens (tertiary/aromatic N) is 1. The van der Waals surface area contributed by atoms with E-state index in [0.717, 1.165) is 11.3 Å². The fourth-order valence-electron chi connectivity index (χ4n) is 2.13. The molecular weight excluding hydrogens is 278 g/mol. The molecule has 1 aromatic carbocycles. The molecule has 1 unspecified atom stereocenters. The molecule has 0 aromatic heterocycles. The highest BCUT2D eigenvalue weighted by Crippen LogP contribution is 2.19. The Morgan fingerprint density at radius 3 is 2.70 bits per heavy atom. The molecular formula is C14H17NO4S. The number of carbonyl (C=O) groups excluding carboxylic acids is 1. The molecule has 6 heteroatoms. The van der Waals surface area contributed by atoms with E-state index in [1.54, 1.807) is 31.0 Å². The van der Waals surface area contributed by atoms with E-state index in [1.807, 2.05) is 12.1 Å². The lowest BCUT2D eigenvalue weighted by molar-refractivity contribution is -0.141. The Hall–Kier alpha value is -1.53. The second kappa shape index (κ2) is 6.76. The van der Waals surface area contributed by atoms with Crippen molar-refractivity contribution in [2.45, 2.75) is 12.6 Å². The van der Waals surface area contributed by atoms with Gasteiger partial charge in [0.15, 0.2) is 0 Å². The Morgan fingerprint density at radius 1 is 1.40 bits per heavy atom. The number of benzene rings is 1. The number of hydrogen-bond acceptors (Lipinski definition) is 4. The van der Waals surface area contributed by atoms with Gasteiger partial charge in [0.2, 0.25) is 0 Å². The van der Waals surface area contributed by atoms with Crippen LogP contribution in [-0.4, -0.2) is 53.1 Å². The zero-order valence-corrected chi connectivity index (χ0v) is 12.1. The molecule has 1 amide bonds. The summed E-state index contributed by atoms with van der Waals surface area (Å²) in [4.78, 5) is 25.1. The van der Waals surface area contributed by atoms with Crippen molar-refractivity contribution >= 4 is 23.6 Å². The van der Waals surface area contributed by atoms with E-state index in [9.17, 15) is 14.7 Å². The largest absolute Gasteiger partial charge is 0.480 e. The molecule has 1 aliphatic rings. The van der Waals surface area contributed by atoms with Crippen molar-refractivity contribution in [1.29, 1.82) is 0 Å². The molecule has 1 atom stereocenters. The minimum atomic E-state index is -0.943. The molecule has 0 radical (unpaired) electrons. The van der Waals surface area contributed by atoms with E-state index in [4.69, 9.17) is 4.74 Å². The van der Waals surface area contributed by atoms with Crippen molar-refractivity contribution in [3.8, 4) is 0 Å². The fourth-order valence-corrected chi connectivity index (χ4v) is 3.17. The predicted molar refractivity (Wildman–Crippen MR) is 76.9 cm³/mol. The average molecular weight is 295 g/mol. The third-order valence-electron chi connectivity index (χ3n) is 3.19. The van der Waals surface area contributed by atoms with Crippen LogP contribution >= 0.6 is 11.8 Å². The summed E-state index contributed by atoms with van der Waals surface area (Å²) in [7, 11) is 1.61. The maximum atomic E-state index is 12.4. The molecule has 20 heavy (non-hydrogen) atoms. The van der Waals surface area contributed by atoms with Crippen LogP contribution in [0.3, 0.4) is 0 Å². The molecule has 0 saturated carbocycles. The third-order valence-corrected chi connectivity index (χ3v) is 4.21. The summed E-state index contributed by atoms with van der Waals surface area (Å²) < 4.78 is 5.02. The lowest BCUT2D eigenvalue weighted by Gasteiger charge is -2.32. The van der Waals surface area contributed by atoms with Gasteiger partial charge in [-0.25, -0.2) is 4.79 Å². The van der Waals surface area contributed by atoms with Gasteiger partial charge in [-0.05, 0) is 17.7 Å². The van der Waals surface area contributed by atoms with E-state index < -0.39 is 12.0 Å². The first-order valence-corrected chi connectivity index (χ1v) is 7.48. The lowest BCUT2D eigenvalue weighted by Crippen LogP contribution is -2.50. The van der Waals surface area contributed by atoms with E-state index in [-0.39, 0.29) is 5.91 Å². The van der Waals surface area contributed by atoms with E-state index in [1.165, 1.54) is 4.90 Å². The maximum Gasteiger partial charge on any atom is 0.327 e. The molecule has 5 nitrogen and oxygen atoms in total. The second-order valence-corrected chi connectivity index (χ2v) is 5.71. The Kier molecular flexibility index (Phi) is 5.03. The van der Waals surface area contributed by atoms with E-state index in [2.05, 4.69) is 0 Å². The van der Waals surface area contributed by atoms with Crippen LogP contribution in [-0.2, 0) is 16.1 Å². The van der Waals surface area contributed by atoms with Crippen LogP contribution in [0.2, 0.25) is 0 Å². The summed E-state index contributed by atoms with van der Waals surface area (Å²) in [6.45, 7) is 0.965. The SMILES string of the molecule is COCc1ccc(C(=O)N2CCSCC2C(=O)O)cc1. The molecule has 1 N–H and O–H groups in total. The van der Waals surface area contributed by atoms with Crippen molar-refractivity contribution in [2.75, 3.05) is 25.2 Å². The van der Waals surface area contributed by atoms with Crippen LogP contribution in [0.15, 0.2) is 24.3 Å². The smallest absolute Gasteiger partial charge is 0.327 e. The monoisotopic (exact) mass is 295 g/mol. The zero-order valence-electron chi connectivity index (χ0n) is 11.2. The normalized spacial score (nSPS) is 18.9.